The summed E-state index contributed by atoms with van der Waals surface area (Å²) in [4.78, 5) is 17.5. The summed E-state index contributed by atoms with van der Waals surface area (Å²) in [6.45, 7) is 0.603. The number of aromatic nitrogens is 1. The number of hydrogen-bond acceptors (Lipinski definition) is 4. The summed E-state index contributed by atoms with van der Waals surface area (Å²) in [5.41, 5.74) is 3.66. The topological polar surface area (TPSA) is 117 Å². The lowest BCUT2D eigenvalue weighted by Gasteiger charge is -2.26. The van der Waals surface area contributed by atoms with Crippen molar-refractivity contribution in [3.63, 3.8) is 0 Å². The molecule has 1 aliphatic heterocycles. The number of rotatable bonds is 4. The van der Waals surface area contributed by atoms with E-state index in [1.807, 2.05) is 30.3 Å². The van der Waals surface area contributed by atoms with Crippen LogP contribution in [0.2, 0.25) is 0 Å². The summed E-state index contributed by atoms with van der Waals surface area (Å²) >= 11 is 0. The molecule has 0 unspecified atom stereocenters. The number of pyridine rings is 1. The molecule has 25 heavy (non-hydrogen) atoms. The first-order valence-electron chi connectivity index (χ1n) is 7.20. The SMILES string of the molecule is CN1Cc2c(-c3ccc(CNS(N)(=O)=O)cc3)ccnc2NC1=O.Cl. The highest BCUT2D eigenvalue weighted by Crippen LogP contribution is 2.31. The minimum absolute atomic E-state index is 0. The van der Waals surface area contributed by atoms with Gasteiger partial charge in [0.15, 0.2) is 0 Å². The highest BCUT2D eigenvalue weighted by atomic mass is 35.5. The van der Waals surface area contributed by atoms with Gasteiger partial charge in [0.1, 0.15) is 5.82 Å². The van der Waals surface area contributed by atoms with Gasteiger partial charge in [0.25, 0.3) is 10.2 Å². The molecular formula is C15H18ClN5O3S. The van der Waals surface area contributed by atoms with Gasteiger partial charge in [-0.15, -0.1) is 12.4 Å². The van der Waals surface area contributed by atoms with Crippen LogP contribution in [0, 0.1) is 0 Å². The Balaban J connectivity index is 0.00000225. The number of nitrogens with two attached hydrogens (primary N) is 1. The predicted octanol–water partition coefficient (Wildman–Crippen LogP) is 1.44. The highest BCUT2D eigenvalue weighted by Gasteiger charge is 2.23. The van der Waals surface area contributed by atoms with Crippen LogP contribution in [0.1, 0.15) is 11.1 Å². The van der Waals surface area contributed by atoms with E-state index in [9.17, 15) is 13.2 Å². The van der Waals surface area contributed by atoms with Crippen molar-refractivity contribution in [3.05, 3.63) is 47.7 Å². The molecule has 0 aliphatic carbocycles. The fourth-order valence-corrected chi connectivity index (χ4v) is 2.89. The second-order valence-corrected chi connectivity index (χ2v) is 6.91. The summed E-state index contributed by atoms with van der Waals surface area (Å²) < 4.78 is 24.1. The van der Waals surface area contributed by atoms with Crippen molar-refractivity contribution in [1.29, 1.82) is 0 Å². The van der Waals surface area contributed by atoms with E-state index in [1.165, 1.54) is 0 Å². The van der Waals surface area contributed by atoms with Gasteiger partial charge < -0.3 is 4.90 Å². The average molecular weight is 384 g/mol. The van der Waals surface area contributed by atoms with Crippen LogP contribution in [-0.4, -0.2) is 31.4 Å². The van der Waals surface area contributed by atoms with Gasteiger partial charge in [-0.1, -0.05) is 24.3 Å². The largest absolute Gasteiger partial charge is 0.323 e. The quantitative estimate of drug-likeness (QED) is 0.740. The van der Waals surface area contributed by atoms with Crippen LogP contribution in [0.15, 0.2) is 36.5 Å². The molecule has 1 aromatic carbocycles. The first-order chi connectivity index (χ1) is 11.3. The van der Waals surface area contributed by atoms with Gasteiger partial charge >= 0.3 is 6.03 Å². The molecule has 0 radical (unpaired) electrons. The molecule has 0 spiro atoms. The van der Waals surface area contributed by atoms with Gasteiger partial charge in [0.2, 0.25) is 0 Å². The predicted molar refractivity (Wildman–Crippen MR) is 97.4 cm³/mol. The lowest BCUT2D eigenvalue weighted by molar-refractivity contribution is 0.218. The molecule has 2 amide bonds. The number of benzene rings is 1. The molecule has 1 aromatic heterocycles. The van der Waals surface area contributed by atoms with E-state index in [0.29, 0.717) is 12.4 Å². The second kappa shape index (κ2) is 7.36. The maximum absolute atomic E-state index is 11.7. The molecule has 1 aliphatic rings. The number of amides is 2. The zero-order chi connectivity index (χ0) is 17.3. The molecule has 2 aromatic rings. The van der Waals surface area contributed by atoms with E-state index >= 15 is 0 Å². The van der Waals surface area contributed by atoms with E-state index in [1.54, 1.807) is 18.1 Å². The molecule has 134 valence electrons. The van der Waals surface area contributed by atoms with Crippen LogP contribution < -0.4 is 15.2 Å². The van der Waals surface area contributed by atoms with Crippen LogP contribution in [0.4, 0.5) is 10.6 Å². The first-order valence-corrected chi connectivity index (χ1v) is 8.75. The minimum atomic E-state index is -3.71. The van der Waals surface area contributed by atoms with Crippen molar-refractivity contribution in [1.82, 2.24) is 14.6 Å². The Bertz CT molecular complexity index is 887. The second-order valence-electron chi connectivity index (χ2n) is 5.53. The van der Waals surface area contributed by atoms with E-state index < -0.39 is 10.2 Å². The fourth-order valence-electron chi connectivity index (χ4n) is 2.52. The zero-order valence-corrected chi connectivity index (χ0v) is 15.0. The number of carbonyl (C=O) groups excluding carboxylic acids is 1. The summed E-state index contributed by atoms with van der Waals surface area (Å²) in [6.07, 6.45) is 1.65. The fraction of sp³-hybridized carbons (Fsp3) is 0.200. The van der Waals surface area contributed by atoms with Crippen molar-refractivity contribution in [3.8, 4) is 11.1 Å². The van der Waals surface area contributed by atoms with Crippen molar-refractivity contribution in [2.75, 3.05) is 12.4 Å². The Hall–Kier alpha value is -2.20. The number of anilines is 1. The molecule has 2 heterocycles. The third-order valence-electron chi connectivity index (χ3n) is 3.77. The monoisotopic (exact) mass is 383 g/mol. The highest BCUT2D eigenvalue weighted by molar-refractivity contribution is 7.87. The summed E-state index contributed by atoms with van der Waals surface area (Å²) in [6, 6.07) is 9.15. The molecule has 0 saturated heterocycles. The lowest BCUT2D eigenvalue weighted by atomic mass is 9.98. The molecule has 0 atom stereocenters. The Morgan fingerprint density at radius 2 is 1.96 bits per heavy atom. The molecule has 0 bridgehead atoms. The van der Waals surface area contributed by atoms with E-state index in [-0.39, 0.29) is 25.0 Å². The van der Waals surface area contributed by atoms with Crippen molar-refractivity contribution in [2.45, 2.75) is 13.1 Å². The van der Waals surface area contributed by atoms with Gasteiger partial charge in [-0.3, -0.25) is 5.32 Å². The van der Waals surface area contributed by atoms with Gasteiger partial charge in [-0.05, 0) is 22.8 Å². The van der Waals surface area contributed by atoms with Crippen molar-refractivity contribution >= 4 is 34.5 Å². The number of carbonyl (C=O) groups is 1. The average Bonchev–Trinajstić information content (AvgIpc) is 2.53. The normalized spacial score (nSPS) is 13.7. The van der Waals surface area contributed by atoms with Crippen LogP contribution in [0.25, 0.3) is 11.1 Å². The van der Waals surface area contributed by atoms with Crippen LogP contribution in [-0.2, 0) is 23.3 Å². The Kier molecular flexibility index (Phi) is 5.63. The van der Waals surface area contributed by atoms with Crippen molar-refractivity contribution in [2.24, 2.45) is 5.14 Å². The van der Waals surface area contributed by atoms with E-state index in [4.69, 9.17) is 5.14 Å². The first kappa shape index (κ1) is 19.1. The number of nitrogens with one attached hydrogen (secondary N) is 2. The number of halogens is 1. The number of urea groups is 1. The molecule has 4 N–H and O–H groups in total. The Labute approximate surface area is 152 Å². The van der Waals surface area contributed by atoms with Gasteiger partial charge in [-0.25, -0.2) is 14.9 Å². The van der Waals surface area contributed by atoms with Crippen molar-refractivity contribution < 1.29 is 13.2 Å². The minimum Gasteiger partial charge on any atom is -0.323 e. The third-order valence-corrected chi connectivity index (χ3v) is 4.31. The molecule has 3 rings (SSSR count). The summed E-state index contributed by atoms with van der Waals surface area (Å²) in [5.74, 6) is 0.565. The van der Waals surface area contributed by atoms with Crippen LogP contribution in [0.5, 0.6) is 0 Å². The number of fused-ring (bicyclic) bond motifs is 1. The standard InChI is InChI=1S/C15H17N5O3S.ClH/c1-20-9-13-12(6-7-17-14(13)19-15(20)21)11-4-2-10(3-5-11)8-18-24(16,22)23;/h2-7,18H,8-9H2,1H3,(H2,16,22,23)(H,17,19,21);1H. The third kappa shape index (κ3) is 4.45. The Morgan fingerprint density at radius 1 is 1.28 bits per heavy atom. The molecule has 0 saturated carbocycles. The summed E-state index contributed by atoms with van der Waals surface area (Å²) in [5, 5.41) is 7.67. The smallest absolute Gasteiger partial charge is 0.323 e. The van der Waals surface area contributed by atoms with Gasteiger partial charge in [0, 0.05) is 25.4 Å². The van der Waals surface area contributed by atoms with Crippen LogP contribution in [0.3, 0.4) is 0 Å². The van der Waals surface area contributed by atoms with E-state index in [2.05, 4.69) is 15.0 Å². The van der Waals surface area contributed by atoms with Gasteiger partial charge in [0.05, 0.1) is 6.54 Å². The zero-order valence-electron chi connectivity index (χ0n) is 13.4. The maximum atomic E-state index is 11.7. The molecular weight excluding hydrogens is 366 g/mol. The Morgan fingerprint density at radius 3 is 2.60 bits per heavy atom. The molecule has 0 fully saturated rings. The lowest BCUT2D eigenvalue weighted by Crippen LogP contribution is -2.36. The van der Waals surface area contributed by atoms with E-state index in [0.717, 1.165) is 22.3 Å². The molecule has 10 heteroatoms. The number of hydrogen-bond donors (Lipinski definition) is 3. The maximum Gasteiger partial charge on any atom is 0.323 e. The summed E-state index contributed by atoms with van der Waals surface area (Å²) in [7, 11) is -1.99. The number of nitrogens with zero attached hydrogens (tertiary/aromatic N) is 2. The molecule has 8 nitrogen and oxygen atoms in total. The van der Waals surface area contributed by atoms with Crippen LogP contribution >= 0.6 is 12.4 Å². The van der Waals surface area contributed by atoms with Gasteiger partial charge in [-0.2, -0.15) is 13.1 Å².